The average molecular weight is 269 g/mol. The van der Waals surface area contributed by atoms with E-state index in [1.807, 2.05) is 88.4 Å². The molecular weight excluding hydrogens is 246 g/mol. The molecule has 0 aliphatic heterocycles. The fourth-order valence-corrected chi connectivity index (χ4v) is 2.64. The summed E-state index contributed by atoms with van der Waals surface area (Å²) in [6.45, 7) is 8.14. The van der Waals surface area contributed by atoms with Crippen molar-refractivity contribution in [2.75, 3.05) is 0 Å². The van der Waals surface area contributed by atoms with Gasteiger partial charge in [0.05, 0.1) is 11.1 Å². The zero-order chi connectivity index (χ0) is 14.8. The summed E-state index contributed by atoms with van der Waals surface area (Å²) < 4.78 is 0. The molecule has 2 nitrogen and oxygen atoms in total. The summed E-state index contributed by atoms with van der Waals surface area (Å²) in [7, 11) is 0. The van der Waals surface area contributed by atoms with Crippen LogP contribution in [0.2, 0.25) is 0 Å². The SMILES string of the molecule is CC(C)(c1ccccc1)N(O)C(C)(C)c1ccccc1. The number of hydrogen-bond acceptors (Lipinski definition) is 2. The van der Waals surface area contributed by atoms with E-state index in [1.54, 1.807) is 0 Å². The summed E-state index contributed by atoms with van der Waals surface area (Å²) in [6, 6.07) is 20.2. The molecule has 2 aromatic rings. The van der Waals surface area contributed by atoms with E-state index in [4.69, 9.17) is 0 Å². The van der Waals surface area contributed by atoms with Gasteiger partial charge >= 0.3 is 0 Å². The normalized spacial score (nSPS) is 12.7. The van der Waals surface area contributed by atoms with Crippen LogP contribution in [-0.4, -0.2) is 10.3 Å². The third kappa shape index (κ3) is 2.62. The highest BCUT2D eigenvalue weighted by atomic mass is 16.5. The van der Waals surface area contributed by atoms with Crippen LogP contribution in [0.5, 0.6) is 0 Å². The van der Waals surface area contributed by atoms with E-state index in [1.165, 1.54) is 5.06 Å². The van der Waals surface area contributed by atoms with Crippen LogP contribution in [0.4, 0.5) is 0 Å². The molecule has 2 rings (SSSR count). The quantitative estimate of drug-likeness (QED) is 0.823. The Labute approximate surface area is 121 Å². The molecule has 2 aromatic carbocycles. The highest BCUT2D eigenvalue weighted by Gasteiger charge is 2.39. The van der Waals surface area contributed by atoms with E-state index >= 15 is 0 Å². The third-order valence-electron chi connectivity index (χ3n) is 4.02. The van der Waals surface area contributed by atoms with Crippen LogP contribution in [-0.2, 0) is 11.1 Å². The largest absolute Gasteiger partial charge is 0.312 e. The molecule has 0 aliphatic carbocycles. The summed E-state index contributed by atoms with van der Waals surface area (Å²) in [5.41, 5.74) is 1.24. The Bertz CT molecular complexity index is 495. The summed E-state index contributed by atoms with van der Waals surface area (Å²) in [5, 5.41) is 12.3. The number of rotatable bonds is 4. The fraction of sp³-hybridized carbons (Fsp3) is 0.333. The lowest BCUT2D eigenvalue weighted by molar-refractivity contribution is -0.231. The molecule has 106 valence electrons. The molecule has 0 heterocycles. The number of nitrogens with zero attached hydrogens (tertiary/aromatic N) is 1. The van der Waals surface area contributed by atoms with Gasteiger partial charge in [-0.1, -0.05) is 60.7 Å². The maximum atomic E-state index is 10.8. The van der Waals surface area contributed by atoms with Gasteiger partial charge < -0.3 is 5.21 Å². The highest BCUT2D eigenvalue weighted by molar-refractivity contribution is 5.27. The lowest BCUT2D eigenvalue weighted by Crippen LogP contribution is -2.50. The molecule has 0 bridgehead atoms. The van der Waals surface area contributed by atoms with E-state index in [2.05, 4.69) is 0 Å². The first-order chi connectivity index (χ1) is 9.37. The van der Waals surface area contributed by atoms with Gasteiger partial charge in [-0.2, -0.15) is 5.06 Å². The molecule has 0 atom stereocenters. The zero-order valence-corrected chi connectivity index (χ0v) is 12.7. The van der Waals surface area contributed by atoms with Crippen LogP contribution in [0.3, 0.4) is 0 Å². The lowest BCUT2D eigenvalue weighted by Gasteiger charge is -2.44. The van der Waals surface area contributed by atoms with Crippen molar-refractivity contribution in [3.8, 4) is 0 Å². The van der Waals surface area contributed by atoms with E-state index in [0.29, 0.717) is 0 Å². The minimum absolute atomic E-state index is 0.472. The summed E-state index contributed by atoms with van der Waals surface area (Å²) in [4.78, 5) is 0. The van der Waals surface area contributed by atoms with Gasteiger partial charge in [0.25, 0.3) is 0 Å². The van der Waals surface area contributed by atoms with Crippen LogP contribution in [0.25, 0.3) is 0 Å². The van der Waals surface area contributed by atoms with E-state index in [0.717, 1.165) is 11.1 Å². The molecule has 0 aliphatic rings. The zero-order valence-electron chi connectivity index (χ0n) is 12.7. The lowest BCUT2D eigenvalue weighted by atomic mass is 9.86. The van der Waals surface area contributed by atoms with Crippen molar-refractivity contribution < 1.29 is 5.21 Å². The first-order valence-corrected chi connectivity index (χ1v) is 6.97. The molecule has 0 unspecified atom stereocenters. The Morgan fingerprint density at radius 2 is 0.950 bits per heavy atom. The monoisotopic (exact) mass is 269 g/mol. The molecule has 20 heavy (non-hydrogen) atoms. The number of hydrogen-bond donors (Lipinski definition) is 1. The van der Waals surface area contributed by atoms with Gasteiger partial charge in [0.2, 0.25) is 0 Å². The van der Waals surface area contributed by atoms with Crippen molar-refractivity contribution in [3.63, 3.8) is 0 Å². The Hall–Kier alpha value is -1.64. The number of hydroxylamine groups is 2. The topological polar surface area (TPSA) is 23.5 Å². The Kier molecular flexibility index (Phi) is 3.98. The summed E-state index contributed by atoms with van der Waals surface area (Å²) >= 11 is 0. The predicted molar refractivity (Wildman–Crippen MR) is 82.6 cm³/mol. The highest BCUT2D eigenvalue weighted by Crippen LogP contribution is 2.37. The molecule has 0 saturated heterocycles. The van der Waals surface area contributed by atoms with E-state index in [9.17, 15) is 5.21 Å². The maximum Gasteiger partial charge on any atom is 0.0662 e. The van der Waals surface area contributed by atoms with Gasteiger partial charge in [0, 0.05) is 0 Å². The molecule has 0 aromatic heterocycles. The number of benzene rings is 2. The average Bonchev–Trinajstić information content (AvgIpc) is 2.48. The van der Waals surface area contributed by atoms with Gasteiger partial charge in [-0.05, 0) is 38.8 Å². The second kappa shape index (κ2) is 5.39. The standard InChI is InChI=1S/C18H23NO/c1-17(2,15-11-7-5-8-12-15)19(20)18(3,4)16-13-9-6-10-14-16/h5-14,20H,1-4H3. The van der Waals surface area contributed by atoms with Gasteiger partial charge in [0.1, 0.15) is 0 Å². The van der Waals surface area contributed by atoms with Crippen molar-refractivity contribution in [2.24, 2.45) is 0 Å². The summed E-state index contributed by atoms with van der Waals surface area (Å²) in [6.07, 6.45) is 0. The van der Waals surface area contributed by atoms with Crippen LogP contribution in [0.15, 0.2) is 60.7 Å². The van der Waals surface area contributed by atoms with Gasteiger partial charge in [0.15, 0.2) is 0 Å². The van der Waals surface area contributed by atoms with Crippen LogP contribution in [0.1, 0.15) is 38.8 Å². The van der Waals surface area contributed by atoms with Crippen LogP contribution >= 0.6 is 0 Å². The second-order valence-corrected chi connectivity index (χ2v) is 6.16. The van der Waals surface area contributed by atoms with Crippen molar-refractivity contribution in [2.45, 2.75) is 38.8 Å². The van der Waals surface area contributed by atoms with Gasteiger partial charge in [-0.15, -0.1) is 0 Å². The van der Waals surface area contributed by atoms with Crippen LogP contribution < -0.4 is 0 Å². The molecule has 1 N–H and O–H groups in total. The molecule has 0 fully saturated rings. The minimum atomic E-state index is -0.472. The van der Waals surface area contributed by atoms with Gasteiger partial charge in [-0.25, -0.2) is 0 Å². The Morgan fingerprint density at radius 1 is 0.650 bits per heavy atom. The van der Waals surface area contributed by atoms with E-state index in [-0.39, 0.29) is 0 Å². The van der Waals surface area contributed by atoms with Crippen molar-refractivity contribution in [1.82, 2.24) is 5.06 Å². The third-order valence-corrected chi connectivity index (χ3v) is 4.02. The first-order valence-electron chi connectivity index (χ1n) is 6.97. The van der Waals surface area contributed by atoms with Crippen LogP contribution in [0, 0.1) is 0 Å². The molecule has 0 amide bonds. The Balaban J connectivity index is 2.37. The van der Waals surface area contributed by atoms with Gasteiger partial charge in [-0.3, -0.25) is 0 Å². The first kappa shape index (κ1) is 14.8. The van der Waals surface area contributed by atoms with Crippen molar-refractivity contribution >= 4 is 0 Å². The smallest absolute Gasteiger partial charge is 0.0662 e. The summed E-state index contributed by atoms with van der Waals surface area (Å²) in [5.74, 6) is 0. The predicted octanol–water partition coefficient (Wildman–Crippen LogP) is 4.55. The molecule has 0 radical (unpaired) electrons. The molecule has 0 saturated carbocycles. The van der Waals surface area contributed by atoms with Crippen molar-refractivity contribution in [1.29, 1.82) is 0 Å². The molecule has 0 spiro atoms. The fourth-order valence-electron chi connectivity index (χ4n) is 2.64. The van der Waals surface area contributed by atoms with E-state index < -0.39 is 11.1 Å². The second-order valence-electron chi connectivity index (χ2n) is 6.16. The molecule has 2 heteroatoms. The minimum Gasteiger partial charge on any atom is -0.312 e. The molecular formula is C18H23NO. The maximum absolute atomic E-state index is 10.8. The van der Waals surface area contributed by atoms with Crippen molar-refractivity contribution in [3.05, 3.63) is 71.8 Å². The Morgan fingerprint density at radius 3 is 1.25 bits per heavy atom.